The molecule has 0 radical (unpaired) electrons. The molecule has 0 aliphatic carbocycles. The summed E-state index contributed by atoms with van der Waals surface area (Å²) in [4.78, 5) is 21.5. The first-order valence-corrected chi connectivity index (χ1v) is 6.46. The summed E-state index contributed by atoms with van der Waals surface area (Å²) in [5.41, 5.74) is 4.42. The van der Waals surface area contributed by atoms with E-state index in [1.165, 1.54) is 12.1 Å². The van der Waals surface area contributed by atoms with E-state index in [-0.39, 0.29) is 17.1 Å². The molecule has 1 aromatic rings. The first kappa shape index (κ1) is 16.2. The Labute approximate surface area is 124 Å². The van der Waals surface area contributed by atoms with Crippen molar-refractivity contribution in [2.24, 2.45) is 5.41 Å². The minimum Gasteiger partial charge on any atom is -0.478 e. The van der Waals surface area contributed by atoms with Crippen LogP contribution in [0.25, 0.3) is 0 Å². The van der Waals surface area contributed by atoms with Crippen molar-refractivity contribution in [3.63, 3.8) is 0 Å². The van der Waals surface area contributed by atoms with E-state index < -0.39 is 22.4 Å². The normalized spacial score (nSPS) is 12.8. The zero-order valence-electron chi connectivity index (χ0n) is 11.2. The molecule has 0 fully saturated rings. The summed E-state index contributed by atoms with van der Waals surface area (Å²) in [7, 11) is 0. The van der Waals surface area contributed by atoms with E-state index in [4.69, 9.17) is 10.5 Å². The Morgan fingerprint density at radius 2 is 2.05 bits per heavy atom. The number of nitrogens with two attached hydrogens (primary N) is 1. The molecular weight excluding hydrogens is 332 g/mol. The minimum absolute atomic E-state index is 0.0339. The number of nitrogens with zero attached hydrogens (tertiary/aromatic N) is 1. The Morgan fingerprint density at radius 1 is 1.50 bits per heavy atom. The fourth-order valence-corrected chi connectivity index (χ4v) is 1.98. The third kappa shape index (κ3) is 3.60. The summed E-state index contributed by atoms with van der Waals surface area (Å²) in [6.45, 7) is 5.07. The van der Waals surface area contributed by atoms with Gasteiger partial charge in [-0.1, -0.05) is 36.7 Å². The van der Waals surface area contributed by atoms with Gasteiger partial charge in [-0.3, -0.25) is 10.1 Å². The average molecular weight is 347 g/mol. The number of nitrogen functional groups attached to an aromatic ring is 1. The van der Waals surface area contributed by atoms with Crippen LogP contribution in [0.1, 0.15) is 20.8 Å². The molecule has 1 unspecified atom stereocenters. The van der Waals surface area contributed by atoms with Gasteiger partial charge in [0.2, 0.25) is 0 Å². The van der Waals surface area contributed by atoms with Crippen LogP contribution < -0.4 is 10.5 Å². The van der Waals surface area contributed by atoms with E-state index in [1.807, 2.05) is 0 Å². The van der Waals surface area contributed by atoms with Gasteiger partial charge in [0.05, 0.1) is 4.92 Å². The molecule has 1 aromatic carbocycles. The summed E-state index contributed by atoms with van der Waals surface area (Å²) in [6, 6.07) is 2.64. The van der Waals surface area contributed by atoms with Crippen LogP contribution in [0, 0.1) is 15.5 Å². The summed E-state index contributed by atoms with van der Waals surface area (Å²) >= 11 is 3.11. The summed E-state index contributed by atoms with van der Waals surface area (Å²) in [6.07, 6.45) is -1.18. The van der Waals surface area contributed by atoms with E-state index in [0.717, 1.165) is 0 Å². The third-order valence-electron chi connectivity index (χ3n) is 2.54. The van der Waals surface area contributed by atoms with Crippen LogP contribution in [-0.2, 0) is 4.79 Å². The van der Waals surface area contributed by atoms with Crippen molar-refractivity contribution in [1.29, 1.82) is 0 Å². The molecule has 0 bridgehead atoms. The third-order valence-corrected chi connectivity index (χ3v) is 3.00. The molecule has 20 heavy (non-hydrogen) atoms. The zero-order valence-corrected chi connectivity index (χ0v) is 12.8. The molecule has 0 saturated carbocycles. The number of benzene rings is 1. The van der Waals surface area contributed by atoms with Gasteiger partial charge in [0.1, 0.15) is 0 Å². The van der Waals surface area contributed by atoms with E-state index >= 15 is 0 Å². The van der Waals surface area contributed by atoms with Gasteiger partial charge in [-0.2, -0.15) is 0 Å². The number of hydrogen-bond donors (Lipinski definition) is 2. The molecule has 3 N–H and O–H groups in total. The topological polar surface area (TPSA) is 116 Å². The highest BCUT2D eigenvalue weighted by Crippen LogP contribution is 2.37. The Hall–Kier alpha value is -1.83. The van der Waals surface area contributed by atoms with Crippen molar-refractivity contribution in [2.45, 2.75) is 26.9 Å². The molecule has 0 saturated heterocycles. The molecule has 0 spiro atoms. The van der Waals surface area contributed by atoms with Crippen molar-refractivity contribution < 1.29 is 19.6 Å². The number of hydrogen-bond acceptors (Lipinski definition) is 5. The minimum atomic E-state index is -1.18. The Balaban J connectivity index is 3.27. The number of nitro groups is 1. The molecule has 0 aliphatic rings. The molecule has 7 nitrogen and oxygen atoms in total. The van der Waals surface area contributed by atoms with E-state index in [0.29, 0.717) is 4.47 Å². The van der Waals surface area contributed by atoms with Crippen LogP contribution in [0.5, 0.6) is 5.75 Å². The predicted octanol–water partition coefficient (Wildman–Crippen LogP) is 2.82. The molecule has 0 aromatic heterocycles. The van der Waals surface area contributed by atoms with Crippen molar-refractivity contribution in [3.8, 4) is 5.75 Å². The van der Waals surface area contributed by atoms with E-state index in [9.17, 15) is 20.0 Å². The molecule has 0 amide bonds. The molecular formula is C12H15BrN2O5. The van der Waals surface area contributed by atoms with Crippen LogP contribution in [0.2, 0.25) is 0 Å². The van der Waals surface area contributed by atoms with Crippen molar-refractivity contribution in [3.05, 3.63) is 26.7 Å². The van der Waals surface area contributed by atoms with Gasteiger partial charge in [-0.15, -0.1) is 0 Å². The maximum Gasteiger partial charge on any atom is 0.345 e. The predicted molar refractivity (Wildman–Crippen MR) is 76.7 cm³/mol. The molecule has 1 rings (SSSR count). The second-order valence-electron chi connectivity index (χ2n) is 5.30. The summed E-state index contributed by atoms with van der Waals surface area (Å²) < 4.78 is 5.76. The second kappa shape index (κ2) is 5.66. The average Bonchev–Trinajstić information content (AvgIpc) is 2.27. The lowest BCUT2D eigenvalue weighted by Gasteiger charge is -2.28. The number of anilines is 1. The fraction of sp³-hybridized carbons (Fsp3) is 0.417. The molecule has 1 atom stereocenters. The lowest BCUT2D eigenvalue weighted by atomic mass is 9.89. The Bertz CT molecular complexity index is 554. The van der Waals surface area contributed by atoms with Crippen LogP contribution in [0.15, 0.2) is 16.6 Å². The van der Waals surface area contributed by atoms with Crippen molar-refractivity contribution in [1.82, 2.24) is 0 Å². The number of carboxylic acid groups (broad SMARTS) is 1. The Morgan fingerprint density at radius 3 is 2.45 bits per heavy atom. The van der Waals surface area contributed by atoms with Crippen LogP contribution in [-0.4, -0.2) is 22.1 Å². The van der Waals surface area contributed by atoms with E-state index in [1.54, 1.807) is 20.8 Å². The standard InChI is InChI=1S/C12H15BrN2O5/c1-12(2,3)10(11(16)17)20-8-5-6(13)4-7(9(8)14)15(18)19/h4-5,10H,14H2,1-3H3,(H,16,17). The first-order valence-electron chi connectivity index (χ1n) is 5.67. The largest absolute Gasteiger partial charge is 0.478 e. The summed E-state index contributed by atoms with van der Waals surface area (Å²) in [5.74, 6) is -1.20. The van der Waals surface area contributed by atoms with Crippen molar-refractivity contribution in [2.75, 3.05) is 5.73 Å². The molecule has 110 valence electrons. The molecule has 0 heterocycles. The van der Waals surface area contributed by atoms with Gasteiger partial charge in [-0.25, -0.2) is 4.79 Å². The second-order valence-corrected chi connectivity index (χ2v) is 6.21. The highest BCUT2D eigenvalue weighted by atomic mass is 79.9. The number of aliphatic carboxylic acids is 1. The van der Waals surface area contributed by atoms with E-state index in [2.05, 4.69) is 15.9 Å². The zero-order chi connectivity index (χ0) is 15.7. The highest BCUT2D eigenvalue weighted by molar-refractivity contribution is 9.10. The van der Waals surface area contributed by atoms with Crippen LogP contribution >= 0.6 is 15.9 Å². The highest BCUT2D eigenvalue weighted by Gasteiger charge is 2.34. The van der Waals surface area contributed by atoms with Gasteiger partial charge >= 0.3 is 5.97 Å². The maximum atomic E-state index is 11.3. The number of ether oxygens (including phenoxy) is 1. The van der Waals surface area contributed by atoms with Crippen molar-refractivity contribution >= 4 is 33.3 Å². The summed E-state index contributed by atoms with van der Waals surface area (Å²) in [5, 5.41) is 20.1. The van der Waals surface area contributed by atoms with Gasteiger partial charge in [0.15, 0.2) is 17.5 Å². The smallest absolute Gasteiger partial charge is 0.345 e. The first-order chi connectivity index (χ1) is 9.04. The number of carbonyl (C=O) groups is 1. The fourth-order valence-electron chi connectivity index (χ4n) is 1.55. The number of carboxylic acids is 1. The number of rotatable bonds is 4. The quantitative estimate of drug-likeness (QED) is 0.491. The van der Waals surface area contributed by atoms with Gasteiger partial charge < -0.3 is 15.6 Å². The number of halogens is 1. The van der Waals surface area contributed by atoms with Crippen LogP contribution in [0.3, 0.4) is 0 Å². The lowest BCUT2D eigenvalue weighted by Crippen LogP contribution is -2.39. The molecule has 8 heteroatoms. The van der Waals surface area contributed by atoms with Gasteiger partial charge in [0, 0.05) is 16.0 Å². The lowest BCUT2D eigenvalue weighted by molar-refractivity contribution is -0.384. The monoisotopic (exact) mass is 346 g/mol. The maximum absolute atomic E-state index is 11.3. The molecule has 0 aliphatic heterocycles. The van der Waals surface area contributed by atoms with Gasteiger partial charge in [0.25, 0.3) is 5.69 Å². The number of nitro benzene ring substituents is 1. The Kier molecular flexibility index (Phi) is 4.59. The van der Waals surface area contributed by atoms with Crippen LogP contribution in [0.4, 0.5) is 11.4 Å². The van der Waals surface area contributed by atoms with Gasteiger partial charge in [-0.05, 0) is 6.07 Å². The SMILES string of the molecule is CC(C)(C)C(Oc1cc(Br)cc([N+](=O)[O-])c1N)C(=O)O.